The van der Waals surface area contributed by atoms with E-state index < -0.39 is 11.5 Å². The van der Waals surface area contributed by atoms with Crippen LogP contribution in [0.25, 0.3) is 0 Å². The topological polar surface area (TPSA) is 78.4 Å². The largest absolute Gasteiger partial charge is 0.481 e. The minimum absolute atomic E-state index is 0.0648. The maximum Gasteiger partial charge on any atom is 0.315 e. The quantitative estimate of drug-likeness (QED) is 0.636. The molecule has 0 saturated heterocycles. The fourth-order valence-corrected chi connectivity index (χ4v) is 1.63. The fourth-order valence-electron chi connectivity index (χ4n) is 1.63. The Bertz CT molecular complexity index is 285. The van der Waals surface area contributed by atoms with E-state index in [4.69, 9.17) is 5.11 Å². The number of carbonyl (C=O) groups excluding carboxylic acids is 1. The molecular formula is C12H22N2O3. The van der Waals surface area contributed by atoms with Crippen LogP contribution < -0.4 is 10.6 Å². The zero-order valence-corrected chi connectivity index (χ0v) is 10.6. The summed E-state index contributed by atoms with van der Waals surface area (Å²) in [5.74, 6) is -0.0377. The Morgan fingerprint density at radius 2 is 2.00 bits per heavy atom. The monoisotopic (exact) mass is 242 g/mol. The van der Waals surface area contributed by atoms with Gasteiger partial charge in [-0.25, -0.2) is 4.79 Å². The molecule has 0 heterocycles. The van der Waals surface area contributed by atoms with Gasteiger partial charge in [-0.3, -0.25) is 4.79 Å². The molecule has 0 unspecified atom stereocenters. The second-order valence-electron chi connectivity index (χ2n) is 5.39. The van der Waals surface area contributed by atoms with Crippen molar-refractivity contribution in [2.75, 3.05) is 6.54 Å². The Labute approximate surface area is 102 Å². The van der Waals surface area contributed by atoms with Gasteiger partial charge < -0.3 is 15.7 Å². The maximum absolute atomic E-state index is 11.5. The second-order valence-corrected chi connectivity index (χ2v) is 5.39. The van der Waals surface area contributed by atoms with Gasteiger partial charge in [0.05, 0.1) is 0 Å². The molecule has 0 aromatic carbocycles. The molecule has 1 fully saturated rings. The van der Waals surface area contributed by atoms with Crippen LogP contribution in [0, 0.1) is 5.92 Å². The number of carbonyl (C=O) groups is 2. The lowest BCUT2D eigenvalue weighted by molar-refractivity contribution is -0.137. The Morgan fingerprint density at radius 3 is 2.53 bits per heavy atom. The van der Waals surface area contributed by atoms with Crippen LogP contribution in [-0.4, -0.2) is 29.2 Å². The number of hydrogen-bond acceptors (Lipinski definition) is 2. The molecule has 2 amide bonds. The SMILES string of the molecule is CC(C)(CCC(=O)O)NC(=O)NCCC1CC1. The number of carboxylic acid groups (broad SMARTS) is 1. The van der Waals surface area contributed by atoms with E-state index in [1.165, 1.54) is 12.8 Å². The molecule has 1 aliphatic rings. The highest BCUT2D eigenvalue weighted by atomic mass is 16.4. The number of amides is 2. The van der Waals surface area contributed by atoms with Crippen LogP contribution in [0.15, 0.2) is 0 Å². The van der Waals surface area contributed by atoms with Crippen molar-refractivity contribution in [3.8, 4) is 0 Å². The lowest BCUT2D eigenvalue weighted by atomic mass is 9.99. The van der Waals surface area contributed by atoms with Crippen LogP contribution in [0.3, 0.4) is 0 Å². The molecule has 0 aromatic heterocycles. The number of aliphatic carboxylic acids is 1. The Morgan fingerprint density at radius 1 is 1.35 bits per heavy atom. The predicted octanol–water partition coefficient (Wildman–Crippen LogP) is 1.73. The number of hydrogen-bond donors (Lipinski definition) is 3. The third kappa shape index (κ3) is 6.81. The van der Waals surface area contributed by atoms with Crippen LogP contribution >= 0.6 is 0 Å². The predicted molar refractivity (Wildman–Crippen MR) is 64.8 cm³/mol. The van der Waals surface area contributed by atoms with Gasteiger partial charge in [0.15, 0.2) is 0 Å². The van der Waals surface area contributed by atoms with Gasteiger partial charge in [-0.2, -0.15) is 0 Å². The van der Waals surface area contributed by atoms with E-state index in [2.05, 4.69) is 10.6 Å². The van der Waals surface area contributed by atoms with Crippen LogP contribution in [0.1, 0.15) is 46.0 Å². The van der Waals surface area contributed by atoms with E-state index in [-0.39, 0.29) is 12.5 Å². The zero-order chi connectivity index (χ0) is 12.9. The van der Waals surface area contributed by atoms with Crippen LogP contribution in [-0.2, 0) is 4.79 Å². The Hall–Kier alpha value is -1.26. The summed E-state index contributed by atoms with van der Waals surface area (Å²) in [5, 5.41) is 14.2. The van der Waals surface area contributed by atoms with E-state index in [0.29, 0.717) is 13.0 Å². The van der Waals surface area contributed by atoms with Crippen molar-refractivity contribution in [3.05, 3.63) is 0 Å². The first-order chi connectivity index (χ1) is 7.89. The van der Waals surface area contributed by atoms with E-state index in [1.807, 2.05) is 13.8 Å². The van der Waals surface area contributed by atoms with Gasteiger partial charge >= 0.3 is 12.0 Å². The Balaban J connectivity index is 2.15. The molecule has 0 radical (unpaired) electrons. The van der Waals surface area contributed by atoms with Gasteiger partial charge in [-0.05, 0) is 32.6 Å². The number of carboxylic acids is 1. The second kappa shape index (κ2) is 5.89. The molecule has 0 aliphatic heterocycles. The van der Waals surface area contributed by atoms with Gasteiger partial charge in [0.25, 0.3) is 0 Å². The Kier molecular flexibility index (Phi) is 4.78. The first-order valence-corrected chi connectivity index (χ1v) is 6.17. The standard InChI is InChI=1S/C12H22N2O3/c1-12(2,7-5-10(15)16)14-11(17)13-8-6-9-3-4-9/h9H,3-8H2,1-2H3,(H,15,16)(H2,13,14,17). The highest BCUT2D eigenvalue weighted by Crippen LogP contribution is 2.31. The molecule has 0 aromatic rings. The number of nitrogens with one attached hydrogen (secondary N) is 2. The van der Waals surface area contributed by atoms with Crippen molar-refractivity contribution in [3.63, 3.8) is 0 Å². The summed E-state index contributed by atoms with van der Waals surface area (Å²) in [4.78, 5) is 22.0. The molecule has 17 heavy (non-hydrogen) atoms. The highest BCUT2D eigenvalue weighted by Gasteiger charge is 2.23. The van der Waals surface area contributed by atoms with Crippen molar-refractivity contribution >= 4 is 12.0 Å². The summed E-state index contributed by atoms with van der Waals surface area (Å²) >= 11 is 0. The molecule has 0 bridgehead atoms. The molecule has 5 heteroatoms. The molecular weight excluding hydrogens is 220 g/mol. The molecule has 3 N–H and O–H groups in total. The summed E-state index contributed by atoms with van der Waals surface area (Å²) in [6.07, 6.45) is 4.11. The minimum atomic E-state index is -0.839. The van der Waals surface area contributed by atoms with Crippen molar-refractivity contribution in [2.24, 2.45) is 5.92 Å². The first kappa shape index (κ1) is 13.8. The molecule has 1 rings (SSSR count). The molecule has 1 saturated carbocycles. The first-order valence-electron chi connectivity index (χ1n) is 6.17. The molecule has 98 valence electrons. The third-order valence-electron chi connectivity index (χ3n) is 2.95. The zero-order valence-electron chi connectivity index (χ0n) is 10.6. The number of urea groups is 1. The van der Waals surface area contributed by atoms with E-state index in [9.17, 15) is 9.59 Å². The minimum Gasteiger partial charge on any atom is -0.481 e. The molecule has 5 nitrogen and oxygen atoms in total. The smallest absolute Gasteiger partial charge is 0.315 e. The molecule has 1 aliphatic carbocycles. The fraction of sp³-hybridized carbons (Fsp3) is 0.833. The van der Waals surface area contributed by atoms with E-state index >= 15 is 0 Å². The van der Waals surface area contributed by atoms with E-state index in [0.717, 1.165) is 12.3 Å². The van der Waals surface area contributed by atoms with Crippen molar-refractivity contribution in [2.45, 2.75) is 51.5 Å². The highest BCUT2D eigenvalue weighted by molar-refractivity contribution is 5.74. The van der Waals surface area contributed by atoms with Gasteiger partial charge in [-0.15, -0.1) is 0 Å². The van der Waals surface area contributed by atoms with Gasteiger partial charge in [0.1, 0.15) is 0 Å². The van der Waals surface area contributed by atoms with Gasteiger partial charge in [-0.1, -0.05) is 12.8 Å². The summed E-state index contributed by atoms with van der Waals surface area (Å²) in [5.41, 5.74) is -0.484. The molecule has 0 atom stereocenters. The van der Waals surface area contributed by atoms with Crippen LogP contribution in [0.4, 0.5) is 4.79 Å². The summed E-state index contributed by atoms with van der Waals surface area (Å²) in [6.45, 7) is 4.36. The van der Waals surface area contributed by atoms with Crippen molar-refractivity contribution in [1.82, 2.24) is 10.6 Å². The normalized spacial score (nSPS) is 15.4. The summed E-state index contributed by atoms with van der Waals surface area (Å²) < 4.78 is 0. The number of rotatable bonds is 7. The average Bonchev–Trinajstić information content (AvgIpc) is 2.98. The lowest BCUT2D eigenvalue weighted by Gasteiger charge is -2.25. The maximum atomic E-state index is 11.5. The van der Waals surface area contributed by atoms with Gasteiger partial charge in [0, 0.05) is 18.5 Å². The average molecular weight is 242 g/mol. The third-order valence-corrected chi connectivity index (χ3v) is 2.95. The molecule has 0 spiro atoms. The summed E-state index contributed by atoms with van der Waals surface area (Å²) in [7, 11) is 0. The lowest BCUT2D eigenvalue weighted by Crippen LogP contribution is -2.48. The van der Waals surface area contributed by atoms with Crippen LogP contribution in [0.5, 0.6) is 0 Å². The van der Waals surface area contributed by atoms with Gasteiger partial charge in [0.2, 0.25) is 0 Å². The van der Waals surface area contributed by atoms with Crippen LogP contribution in [0.2, 0.25) is 0 Å². The van der Waals surface area contributed by atoms with Crippen molar-refractivity contribution in [1.29, 1.82) is 0 Å². The summed E-state index contributed by atoms with van der Waals surface area (Å²) in [6, 6.07) is -0.207. The van der Waals surface area contributed by atoms with E-state index in [1.54, 1.807) is 0 Å². The van der Waals surface area contributed by atoms with Crippen molar-refractivity contribution < 1.29 is 14.7 Å².